The number of aryl methyl sites for hydroxylation is 1. The van der Waals surface area contributed by atoms with E-state index in [9.17, 15) is 4.79 Å². The Balaban J connectivity index is 2.54. The van der Waals surface area contributed by atoms with Gasteiger partial charge in [-0.25, -0.2) is 4.99 Å². The number of aliphatic imine (C=N–C) groups is 1. The lowest BCUT2D eigenvalue weighted by Crippen LogP contribution is -2.39. The molecule has 2 N–H and O–H groups in total. The Morgan fingerprint density at radius 3 is 2.71 bits per heavy atom. The summed E-state index contributed by atoms with van der Waals surface area (Å²) in [5, 5.41) is 6.52. The third kappa shape index (κ3) is 7.38. The molecule has 7 heteroatoms. The van der Waals surface area contributed by atoms with Crippen LogP contribution in [0.5, 0.6) is 0 Å². The van der Waals surface area contributed by atoms with Gasteiger partial charge in [-0.3, -0.25) is 4.79 Å². The van der Waals surface area contributed by atoms with E-state index in [4.69, 9.17) is 0 Å². The fourth-order valence-electron chi connectivity index (χ4n) is 1.48. The molecule has 1 rings (SSSR count). The van der Waals surface area contributed by atoms with Crippen molar-refractivity contribution < 1.29 is 4.79 Å². The Morgan fingerprint density at radius 2 is 2.14 bits per heavy atom. The SMILES string of the molecule is CSCCNC(=NCC(=O)N(C)C)NCc1ccc(C)s1. The Kier molecular flexibility index (Phi) is 8.22. The third-order valence-electron chi connectivity index (χ3n) is 2.70. The van der Waals surface area contributed by atoms with Crippen LogP contribution in [0.4, 0.5) is 0 Å². The molecule has 0 spiro atoms. The molecule has 0 atom stereocenters. The minimum atomic E-state index is -0.00654. The van der Waals surface area contributed by atoms with Gasteiger partial charge in [-0.05, 0) is 25.3 Å². The van der Waals surface area contributed by atoms with Crippen LogP contribution in [0, 0.1) is 6.92 Å². The molecule has 0 radical (unpaired) electrons. The summed E-state index contributed by atoms with van der Waals surface area (Å²) in [7, 11) is 3.47. The maximum absolute atomic E-state index is 11.6. The van der Waals surface area contributed by atoms with Crippen LogP contribution in [-0.2, 0) is 11.3 Å². The van der Waals surface area contributed by atoms with Crippen LogP contribution in [0.2, 0.25) is 0 Å². The van der Waals surface area contributed by atoms with Crippen molar-refractivity contribution in [2.24, 2.45) is 4.99 Å². The molecule has 1 amide bonds. The molecule has 1 heterocycles. The van der Waals surface area contributed by atoms with E-state index in [2.05, 4.69) is 40.9 Å². The average molecular weight is 329 g/mol. The minimum Gasteiger partial charge on any atom is -0.356 e. The van der Waals surface area contributed by atoms with Crippen LogP contribution in [0.1, 0.15) is 9.75 Å². The topological polar surface area (TPSA) is 56.7 Å². The largest absolute Gasteiger partial charge is 0.356 e. The van der Waals surface area contributed by atoms with E-state index in [1.165, 1.54) is 9.75 Å². The van der Waals surface area contributed by atoms with Gasteiger partial charge in [-0.15, -0.1) is 11.3 Å². The summed E-state index contributed by atoms with van der Waals surface area (Å²) in [6, 6.07) is 4.21. The van der Waals surface area contributed by atoms with Gasteiger partial charge in [-0.2, -0.15) is 11.8 Å². The molecule has 0 saturated heterocycles. The fourth-order valence-corrected chi connectivity index (χ4v) is 2.62. The zero-order valence-electron chi connectivity index (χ0n) is 13.1. The standard InChI is InChI=1S/C14H24N4OS2/c1-11-5-6-12(21-11)9-16-14(15-7-8-20-4)17-10-13(19)18(2)3/h5-6H,7-10H2,1-4H3,(H2,15,16,17). The first-order valence-corrected chi connectivity index (χ1v) is 9.00. The highest BCUT2D eigenvalue weighted by Gasteiger charge is 2.05. The monoisotopic (exact) mass is 328 g/mol. The lowest BCUT2D eigenvalue weighted by atomic mass is 10.4. The summed E-state index contributed by atoms with van der Waals surface area (Å²) >= 11 is 3.54. The van der Waals surface area contributed by atoms with E-state index in [-0.39, 0.29) is 12.5 Å². The van der Waals surface area contributed by atoms with Gasteiger partial charge in [-0.1, -0.05) is 0 Å². The first-order chi connectivity index (χ1) is 10.0. The van der Waals surface area contributed by atoms with Crippen molar-refractivity contribution in [3.63, 3.8) is 0 Å². The van der Waals surface area contributed by atoms with E-state index >= 15 is 0 Å². The van der Waals surface area contributed by atoms with E-state index in [1.807, 2.05) is 0 Å². The molecule has 0 fully saturated rings. The van der Waals surface area contributed by atoms with Crippen LogP contribution in [0.25, 0.3) is 0 Å². The highest BCUT2D eigenvalue weighted by atomic mass is 32.2. The summed E-state index contributed by atoms with van der Waals surface area (Å²) in [5.41, 5.74) is 0. The van der Waals surface area contributed by atoms with Crippen molar-refractivity contribution in [3.8, 4) is 0 Å². The average Bonchev–Trinajstić information content (AvgIpc) is 2.86. The predicted octanol–water partition coefficient (Wildman–Crippen LogP) is 1.54. The zero-order valence-corrected chi connectivity index (χ0v) is 14.7. The third-order valence-corrected chi connectivity index (χ3v) is 4.31. The van der Waals surface area contributed by atoms with Crippen molar-refractivity contribution in [1.29, 1.82) is 0 Å². The highest BCUT2D eigenvalue weighted by Crippen LogP contribution is 2.14. The molecule has 5 nitrogen and oxygen atoms in total. The van der Waals surface area contributed by atoms with E-state index in [1.54, 1.807) is 42.1 Å². The molecule has 0 saturated carbocycles. The molecular weight excluding hydrogens is 304 g/mol. The molecule has 0 unspecified atom stereocenters. The molecular formula is C14H24N4OS2. The molecule has 0 bridgehead atoms. The number of thioether (sulfide) groups is 1. The van der Waals surface area contributed by atoms with Gasteiger partial charge in [0.25, 0.3) is 0 Å². The number of hydrogen-bond acceptors (Lipinski definition) is 4. The number of thiophene rings is 1. The van der Waals surface area contributed by atoms with E-state index < -0.39 is 0 Å². The van der Waals surface area contributed by atoms with Crippen LogP contribution in [0.3, 0.4) is 0 Å². The van der Waals surface area contributed by atoms with Gasteiger partial charge < -0.3 is 15.5 Å². The number of nitrogens with zero attached hydrogens (tertiary/aromatic N) is 2. The molecule has 0 aliphatic heterocycles. The second-order valence-corrected chi connectivity index (χ2v) is 7.10. The van der Waals surface area contributed by atoms with Gasteiger partial charge in [0.05, 0.1) is 6.54 Å². The predicted molar refractivity (Wildman–Crippen MR) is 93.3 cm³/mol. The molecule has 0 aliphatic carbocycles. The maximum Gasteiger partial charge on any atom is 0.243 e. The number of carbonyl (C=O) groups excluding carboxylic acids is 1. The molecule has 0 aliphatic rings. The smallest absolute Gasteiger partial charge is 0.243 e. The lowest BCUT2D eigenvalue weighted by molar-refractivity contribution is -0.127. The molecule has 1 aromatic heterocycles. The van der Waals surface area contributed by atoms with Gasteiger partial charge in [0.15, 0.2) is 5.96 Å². The zero-order chi connectivity index (χ0) is 15.7. The van der Waals surface area contributed by atoms with Crippen molar-refractivity contribution in [1.82, 2.24) is 15.5 Å². The molecule has 21 heavy (non-hydrogen) atoms. The highest BCUT2D eigenvalue weighted by molar-refractivity contribution is 7.98. The van der Waals surface area contributed by atoms with Gasteiger partial charge in [0.2, 0.25) is 5.91 Å². The first kappa shape index (κ1) is 17.8. The van der Waals surface area contributed by atoms with Crippen molar-refractivity contribution in [2.75, 3.05) is 39.2 Å². The first-order valence-electron chi connectivity index (χ1n) is 6.79. The Morgan fingerprint density at radius 1 is 1.38 bits per heavy atom. The fraction of sp³-hybridized carbons (Fsp3) is 0.571. The second-order valence-electron chi connectivity index (χ2n) is 4.74. The number of likely N-dealkylation sites (N-methyl/N-ethyl adjacent to an activating group) is 1. The van der Waals surface area contributed by atoms with Gasteiger partial charge in [0, 0.05) is 36.1 Å². The minimum absolute atomic E-state index is 0.00654. The van der Waals surface area contributed by atoms with E-state index in [0.717, 1.165) is 18.8 Å². The van der Waals surface area contributed by atoms with Crippen LogP contribution in [0.15, 0.2) is 17.1 Å². The van der Waals surface area contributed by atoms with Crippen molar-refractivity contribution in [3.05, 3.63) is 21.9 Å². The summed E-state index contributed by atoms with van der Waals surface area (Å²) < 4.78 is 0. The van der Waals surface area contributed by atoms with Crippen LogP contribution in [-0.4, -0.2) is 56.0 Å². The van der Waals surface area contributed by atoms with Crippen molar-refractivity contribution in [2.45, 2.75) is 13.5 Å². The van der Waals surface area contributed by atoms with Crippen LogP contribution < -0.4 is 10.6 Å². The van der Waals surface area contributed by atoms with E-state index in [0.29, 0.717) is 5.96 Å². The second kappa shape index (κ2) is 9.68. The van der Waals surface area contributed by atoms with Crippen molar-refractivity contribution >= 4 is 35.0 Å². The molecule has 1 aromatic rings. The van der Waals surface area contributed by atoms with Gasteiger partial charge >= 0.3 is 0 Å². The Labute approximate surface area is 135 Å². The molecule has 118 valence electrons. The lowest BCUT2D eigenvalue weighted by Gasteiger charge is -2.13. The number of carbonyl (C=O) groups is 1. The Bertz CT molecular complexity index is 471. The number of hydrogen-bond donors (Lipinski definition) is 2. The summed E-state index contributed by atoms with van der Waals surface area (Å²) in [6.07, 6.45) is 2.07. The number of guanidine groups is 1. The number of rotatable bonds is 7. The summed E-state index contributed by atoms with van der Waals surface area (Å²) in [5.74, 6) is 1.68. The molecule has 0 aromatic carbocycles. The van der Waals surface area contributed by atoms with Gasteiger partial charge in [0.1, 0.15) is 6.54 Å². The normalized spacial score (nSPS) is 11.3. The quantitative estimate of drug-likeness (QED) is 0.453. The Hall–Kier alpha value is -1.21. The summed E-state index contributed by atoms with van der Waals surface area (Å²) in [4.78, 5) is 20.1. The maximum atomic E-state index is 11.6. The summed E-state index contributed by atoms with van der Waals surface area (Å²) in [6.45, 7) is 3.80. The number of amides is 1. The van der Waals surface area contributed by atoms with Crippen LogP contribution >= 0.6 is 23.1 Å². The number of nitrogens with one attached hydrogen (secondary N) is 2.